The predicted octanol–water partition coefficient (Wildman–Crippen LogP) is 3.77. The second-order valence-electron chi connectivity index (χ2n) is 7.57. The normalized spacial score (nSPS) is 11.8. The molecule has 2 aromatic carbocycles. The molecule has 1 aromatic heterocycles. The molecule has 1 N–H and O–H groups in total. The molecule has 1 heterocycles. The van der Waals surface area contributed by atoms with Crippen LogP contribution in [0.3, 0.4) is 0 Å². The molecular weight excluding hydrogens is 473 g/mol. The molecule has 7 nitrogen and oxygen atoms in total. The van der Waals surface area contributed by atoms with Crippen LogP contribution >= 0.6 is 0 Å². The van der Waals surface area contributed by atoms with Crippen LogP contribution in [0, 0.1) is 6.92 Å². The Kier molecular flexibility index (Phi) is 6.78. The van der Waals surface area contributed by atoms with Crippen LogP contribution in [0.15, 0.2) is 64.3 Å². The van der Waals surface area contributed by atoms with Gasteiger partial charge in [0, 0.05) is 23.2 Å². The van der Waals surface area contributed by atoms with Crippen molar-refractivity contribution in [1.29, 1.82) is 0 Å². The summed E-state index contributed by atoms with van der Waals surface area (Å²) in [5.74, 6) is -0.934. The molecule has 0 saturated carbocycles. The quantitative estimate of drug-likeness (QED) is 0.528. The molecule has 0 bridgehead atoms. The molecule has 0 spiro atoms. The highest BCUT2D eigenvalue weighted by Crippen LogP contribution is 2.32. The van der Waals surface area contributed by atoms with Gasteiger partial charge in [0.05, 0.1) is 17.0 Å². The summed E-state index contributed by atoms with van der Waals surface area (Å²) in [6.45, 7) is 1.20. The molecule has 178 valence electrons. The average molecular weight is 492 g/mol. The minimum Gasteiger partial charge on any atom is -0.325 e. The van der Waals surface area contributed by atoms with E-state index in [0.717, 1.165) is 35.4 Å². The average Bonchev–Trinajstić information content (AvgIpc) is 2.76. The van der Waals surface area contributed by atoms with Gasteiger partial charge in [-0.2, -0.15) is 13.2 Å². The molecule has 0 aliphatic carbocycles. The molecule has 11 heteroatoms. The topological polar surface area (TPSA) is 104 Å². The van der Waals surface area contributed by atoms with Crippen molar-refractivity contribution in [3.05, 3.63) is 92.9 Å². The van der Waals surface area contributed by atoms with Crippen LogP contribution in [0.5, 0.6) is 0 Å². The number of aryl methyl sites for hydroxylation is 1. The van der Waals surface area contributed by atoms with Gasteiger partial charge in [0.15, 0.2) is 16.1 Å². The predicted molar refractivity (Wildman–Crippen MR) is 119 cm³/mol. The molecule has 34 heavy (non-hydrogen) atoms. The first kappa shape index (κ1) is 24.9. The monoisotopic (exact) mass is 492 g/mol. The standard InChI is InChI=1S/C23H19F3N2O5S/c1-14-16(13-29)10-20(21(30)27-14)22(31)28(18-5-3-4-17(11-18)23(24,25)26)12-15-6-8-19(9-7-15)34(2,32)33/h3-11,13H,12H2,1-2H3,(H,27,30). The zero-order chi connectivity index (χ0) is 25.3. The van der Waals surface area contributed by atoms with Crippen LogP contribution < -0.4 is 10.5 Å². The molecule has 3 aromatic rings. The summed E-state index contributed by atoms with van der Waals surface area (Å²) in [6.07, 6.45) is -3.21. The number of nitrogens with one attached hydrogen (secondary N) is 1. The summed E-state index contributed by atoms with van der Waals surface area (Å²) in [7, 11) is -3.48. The fourth-order valence-electron chi connectivity index (χ4n) is 3.22. The molecule has 3 rings (SSSR count). The number of H-pyrrole nitrogens is 1. The first-order valence-corrected chi connectivity index (χ1v) is 11.7. The summed E-state index contributed by atoms with van der Waals surface area (Å²) in [5, 5.41) is 0. The number of hydrogen-bond donors (Lipinski definition) is 1. The second kappa shape index (κ2) is 9.26. The Labute approximate surface area is 192 Å². The van der Waals surface area contributed by atoms with E-state index >= 15 is 0 Å². The van der Waals surface area contributed by atoms with E-state index in [1.807, 2.05) is 0 Å². The lowest BCUT2D eigenvalue weighted by Crippen LogP contribution is -2.35. The van der Waals surface area contributed by atoms with Gasteiger partial charge in [-0.25, -0.2) is 8.42 Å². The van der Waals surface area contributed by atoms with Crippen molar-refractivity contribution in [3.8, 4) is 0 Å². The van der Waals surface area contributed by atoms with Crippen molar-refractivity contribution >= 4 is 27.7 Å². The number of amides is 1. The smallest absolute Gasteiger partial charge is 0.325 e. The second-order valence-corrected chi connectivity index (χ2v) is 9.58. The van der Waals surface area contributed by atoms with Crippen molar-refractivity contribution < 1.29 is 31.2 Å². The van der Waals surface area contributed by atoms with E-state index in [0.29, 0.717) is 11.8 Å². The summed E-state index contributed by atoms with van der Waals surface area (Å²) >= 11 is 0. The van der Waals surface area contributed by atoms with Gasteiger partial charge in [-0.15, -0.1) is 0 Å². The van der Waals surface area contributed by atoms with Crippen LogP contribution in [0.25, 0.3) is 0 Å². The highest BCUT2D eigenvalue weighted by atomic mass is 32.2. The zero-order valence-corrected chi connectivity index (χ0v) is 18.8. The largest absolute Gasteiger partial charge is 0.416 e. The lowest BCUT2D eigenvalue weighted by Gasteiger charge is -2.24. The van der Waals surface area contributed by atoms with Gasteiger partial charge in [0.25, 0.3) is 11.5 Å². The number of sulfone groups is 1. The number of rotatable bonds is 6. The Bertz CT molecular complexity index is 1410. The van der Waals surface area contributed by atoms with Crippen molar-refractivity contribution in [2.24, 2.45) is 0 Å². The van der Waals surface area contributed by atoms with Crippen LogP contribution in [0.2, 0.25) is 0 Å². The van der Waals surface area contributed by atoms with Crippen molar-refractivity contribution in [3.63, 3.8) is 0 Å². The van der Waals surface area contributed by atoms with Crippen molar-refractivity contribution in [1.82, 2.24) is 4.98 Å². The maximum Gasteiger partial charge on any atom is 0.416 e. The number of aldehydes is 1. The third-order valence-corrected chi connectivity index (χ3v) is 6.19. The van der Waals surface area contributed by atoms with Gasteiger partial charge in [-0.1, -0.05) is 18.2 Å². The Morgan fingerprint density at radius 3 is 2.29 bits per heavy atom. The van der Waals surface area contributed by atoms with Gasteiger partial charge in [-0.05, 0) is 48.9 Å². The highest BCUT2D eigenvalue weighted by Gasteiger charge is 2.32. The van der Waals surface area contributed by atoms with Gasteiger partial charge in [0.2, 0.25) is 0 Å². The first-order valence-electron chi connectivity index (χ1n) is 9.78. The number of aromatic nitrogens is 1. The number of aromatic amines is 1. The summed E-state index contributed by atoms with van der Waals surface area (Å²) in [6, 6.07) is 10.5. The minimum absolute atomic E-state index is 0.0267. The fraction of sp³-hybridized carbons (Fsp3) is 0.174. The Balaban J connectivity index is 2.12. The van der Waals surface area contributed by atoms with E-state index in [1.165, 1.54) is 37.3 Å². The van der Waals surface area contributed by atoms with E-state index in [2.05, 4.69) is 4.98 Å². The van der Waals surface area contributed by atoms with E-state index in [9.17, 15) is 36.0 Å². The molecule has 0 saturated heterocycles. The van der Waals surface area contributed by atoms with Gasteiger partial charge < -0.3 is 9.88 Å². The third-order valence-electron chi connectivity index (χ3n) is 5.06. The maximum atomic E-state index is 13.3. The highest BCUT2D eigenvalue weighted by molar-refractivity contribution is 7.90. The number of alkyl halides is 3. The lowest BCUT2D eigenvalue weighted by molar-refractivity contribution is -0.137. The zero-order valence-electron chi connectivity index (χ0n) is 18.0. The van der Waals surface area contributed by atoms with E-state index in [4.69, 9.17) is 0 Å². The van der Waals surface area contributed by atoms with Crippen LogP contribution in [-0.4, -0.2) is 31.9 Å². The lowest BCUT2D eigenvalue weighted by atomic mass is 10.1. The summed E-state index contributed by atoms with van der Waals surface area (Å²) in [4.78, 5) is 40.5. The molecule has 1 amide bonds. The number of hydrogen-bond acceptors (Lipinski definition) is 5. The number of anilines is 1. The molecule has 0 unspecified atom stereocenters. The number of nitrogens with zero attached hydrogens (tertiary/aromatic N) is 1. The number of halogens is 3. The van der Waals surface area contributed by atoms with Gasteiger partial charge >= 0.3 is 6.18 Å². The Morgan fingerprint density at radius 2 is 1.74 bits per heavy atom. The van der Waals surface area contributed by atoms with E-state index < -0.39 is 38.6 Å². The summed E-state index contributed by atoms with van der Waals surface area (Å²) < 4.78 is 63.3. The van der Waals surface area contributed by atoms with Crippen LogP contribution in [0.1, 0.15) is 37.5 Å². The van der Waals surface area contributed by atoms with Crippen LogP contribution in [-0.2, 0) is 22.6 Å². The number of benzene rings is 2. The van der Waals surface area contributed by atoms with Gasteiger partial charge in [-0.3, -0.25) is 14.4 Å². The van der Waals surface area contributed by atoms with Crippen molar-refractivity contribution in [2.45, 2.75) is 24.5 Å². The van der Waals surface area contributed by atoms with Crippen LogP contribution in [0.4, 0.5) is 18.9 Å². The van der Waals surface area contributed by atoms with Crippen molar-refractivity contribution in [2.75, 3.05) is 11.2 Å². The Morgan fingerprint density at radius 1 is 1.09 bits per heavy atom. The van der Waals surface area contributed by atoms with E-state index in [1.54, 1.807) is 0 Å². The molecular formula is C23H19F3N2O5S. The maximum absolute atomic E-state index is 13.3. The molecule has 0 atom stereocenters. The molecule has 0 aliphatic rings. The van der Waals surface area contributed by atoms with E-state index in [-0.39, 0.29) is 28.4 Å². The number of carbonyl (C=O) groups excluding carboxylic acids is 2. The minimum atomic E-state index is -4.67. The molecule has 0 aliphatic heterocycles. The Hall–Kier alpha value is -3.73. The molecule has 0 radical (unpaired) electrons. The first-order chi connectivity index (χ1) is 15.8. The SMILES string of the molecule is Cc1[nH]c(=O)c(C(=O)N(Cc2ccc(S(C)(=O)=O)cc2)c2cccc(C(F)(F)F)c2)cc1C=O. The number of pyridine rings is 1. The number of carbonyl (C=O) groups is 2. The van der Waals surface area contributed by atoms with Gasteiger partial charge in [0.1, 0.15) is 5.56 Å². The third kappa shape index (κ3) is 5.42. The molecule has 0 fully saturated rings. The fourth-order valence-corrected chi connectivity index (χ4v) is 3.85. The summed E-state index contributed by atoms with van der Waals surface area (Å²) in [5.41, 5.74) is -1.70.